The number of hydrogen-bond acceptors (Lipinski definition) is 0. The monoisotopic (exact) mass is 272 g/mol. The molecule has 0 saturated heterocycles. The first-order valence-electron chi connectivity index (χ1n) is 6.91. The van der Waals surface area contributed by atoms with Crippen LogP contribution >= 0.6 is 11.6 Å². The lowest BCUT2D eigenvalue weighted by Gasteiger charge is -2.13. The summed E-state index contributed by atoms with van der Waals surface area (Å²) in [6.07, 6.45) is 2.32. The van der Waals surface area contributed by atoms with Crippen molar-refractivity contribution in [3.63, 3.8) is 0 Å². The van der Waals surface area contributed by atoms with Crippen LogP contribution in [0.2, 0.25) is 0 Å². The number of alkyl halides is 1. The smallest absolute Gasteiger partial charge is 0.0835 e. The van der Waals surface area contributed by atoms with Crippen LogP contribution in [-0.4, -0.2) is 0 Å². The fourth-order valence-corrected chi connectivity index (χ4v) is 2.76. The molecule has 0 heterocycles. The van der Waals surface area contributed by atoms with Gasteiger partial charge < -0.3 is 0 Å². The maximum atomic E-state index is 6.60. The fourth-order valence-electron chi connectivity index (χ4n) is 2.49. The summed E-state index contributed by atoms with van der Waals surface area (Å²) in [5.41, 5.74) is 6.27. The molecule has 0 fully saturated rings. The van der Waals surface area contributed by atoms with Gasteiger partial charge in [0.15, 0.2) is 0 Å². The molecule has 100 valence electrons. The maximum absolute atomic E-state index is 6.60. The molecule has 2 aromatic rings. The Morgan fingerprint density at radius 3 is 2.00 bits per heavy atom. The minimum atomic E-state index is -0.0609. The average Bonchev–Trinajstić information content (AvgIpc) is 2.38. The molecule has 0 radical (unpaired) electrons. The van der Waals surface area contributed by atoms with Crippen LogP contribution in [0.4, 0.5) is 0 Å². The van der Waals surface area contributed by atoms with Gasteiger partial charge in [0.1, 0.15) is 0 Å². The minimum absolute atomic E-state index is 0.0609. The molecule has 0 spiro atoms. The first kappa shape index (κ1) is 14.1. The molecule has 0 nitrogen and oxygen atoms in total. The molecule has 0 saturated carbocycles. The van der Waals surface area contributed by atoms with Gasteiger partial charge in [-0.05, 0) is 37.0 Å². The van der Waals surface area contributed by atoms with Gasteiger partial charge in [-0.2, -0.15) is 0 Å². The molecule has 0 aromatic heterocycles. The van der Waals surface area contributed by atoms with Crippen molar-refractivity contribution >= 4 is 11.6 Å². The van der Waals surface area contributed by atoms with Crippen LogP contribution in [0.1, 0.15) is 46.5 Å². The first-order chi connectivity index (χ1) is 9.10. The summed E-state index contributed by atoms with van der Waals surface area (Å²) in [5.74, 6) is 0. The molecule has 0 N–H and O–H groups in total. The second kappa shape index (κ2) is 6.25. The van der Waals surface area contributed by atoms with Gasteiger partial charge in [-0.25, -0.2) is 0 Å². The number of hydrogen-bond donors (Lipinski definition) is 0. The molecular formula is C18H21Cl. The molecule has 2 aromatic carbocycles. The van der Waals surface area contributed by atoms with Gasteiger partial charge in [0.2, 0.25) is 0 Å². The number of benzene rings is 2. The molecule has 0 aliphatic carbocycles. The highest BCUT2D eigenvalue weighted by atomic mass is 35.5. The highest BCUT2D eigenvalue weighted by Gasteiger charge is 2.11. The molecule has 0 aliphatic heterocycles. The van der Waals surface area contributed by atoms with Crippen molar-refractivity contribution in [2.45, 2.75) is 39.0 Å². The Bertz CT molecular complexity index is 520. The van der Waals surface area contributed by atoms with E-state index >= 15 is 0 Å². The predicted octanol–water partition coefficient (Wildman–Crippen LogP) is 5.58. The van der Waals surface area contributed by atoms with E-state index in [1.54, 1.807) is 0 Å². The largest absolute Gasteiger partial charge is 0.113 e. The highest BCUT2D eigenvalue weighted by Crippen LogP contribution is 2.30. The van der Waals surface area contributed by atoms with Crippen molar-refractivity contribution in [1.29, 1.82) is 0 Å². The van der Waals surface area contributed by atoms with Gasteiger partial charge in [0, 0.05) is 0 Å². The molecule has 1 atom stereocenters. The third-order valence-electron chi connectivity index (χ3n) is 3.35. The van der Waals surface area contributed by atoms with E-state index in [0.717, 1.165) is 6.42 Å². The summed E-state index contributed by atoms with van der Waals surface area (Å²) in [4.78, 5) is 0. The van der Waals surface area contributed by atoms with Crippen molar-refractivity contribution in [2.75, 3.05) is 0 Å². The van der Waals surface area contributed by atoms with Crippen molar-refractivity contribution in [3.8, 4) is 0 Å². The lowest BCUT2D eigenvalue weighted by Crippen LogP contribution is -1.95. The van der Waals surface area contributed by atoms with E-state index in [1.807, 2.05) is 0 Å². The summed E-state index contributed by atoms with van der Waals surface area (Å²) < 4.78 is 0. The lowest BCUT2D eigenvalue weighted by molar-refractivity contribution is 0.920. The van der Waals surface area contributed by atoms with E-state index < -0.39 is 0 Å². The molecule has 0 aliphatic rings. The van der Waals surface area contributed by atoms with Crippen LogP contribution in [0.25, 0.3) is 0 Å². The molecule has 19 heavy (non-hydrogen) atoms. The molecule has 0 bridgehead atoms. The predicted molar refractivity (Wildman–Crippen MR) is 84.0 cm³/mol. The summed E-state index contributed by atoms with van der Waals surface area (Å²) in [6.45, 7) is 6.43. The van der Waals surface area contributed by atoms with E-state index in [1.165, 1.54) is 34.2 Å². The number of rotatable bonds is 4. The third kappa shape index (κ3) is 3.61. The van der Waals surface area contributed by atoms with Gasteiger partial charge >= 0.3 is 0 Å². The quantitative estimate of drug-likeness (QED) is 0.637. The Morgan fingerprint density at radius 1 is 0.895 bits per heavy atom. The van der Waals surface area contributed by atoms with Crippen molar-refractivity contribution in [2.24, 2.45) is 0 Å². The van der Waals surface area contributed by atoms with Crippen LogP contribution in [0, 0.1) is 13.8 Å². The molecule has 2 rings (SSSR count). The molecule has 0 amide bonds. The van der Waals surface area contributed by atoms with Crippen LogP contribution in [0.15, 0.2) is 42.5 Å². The van der Waals surface area contributed by atoms with Crippen LogP contribution in [0.3, 0.4) is 0 Å². The zero-order valence-corrected chi connectivity index (χ0v) is 12.7. The summed E-state index contributed by atoms with van der Waals surface area (Å²) in [7, 11) is 0. The first-order valence-corrected chi connectivity index (χ1v) is 7.35. The second-order valence-electron chi connectivity index (χ2n) is 5.28. The number of aryl methyl sites for hydroxylation is 3. The summed E-state index contributed by atoms with van der Waals surface area (Å²) in [6, 6.07) is 15.2. The van der Waals surface area contributed by atoms with Crippen molar-refractivity contribution < 1.29 is 0 Å². The standard InChI is InChI=1S/C18H21Cl/c1-4-5-15-6-8-16(9-7-15)18(19)17-11-13(2)10-14(3)12-17/h6-12,18H,4-5H2,1-3H3. The van der Waals surface area contributed by atoms with Crippen LogP contribution in [-0.2, 0) is 6.42 Å². The highest BCUT2D eigenvalue weighted by molar-refractivity contribution is 6.22. The molecular weight excluding hydrogens is 252 g/mol. The molecule has 1 unspecified atom stereocenters. The average molecular weight is 273 g/mol. The van der Waals surface area contributed by atoms with Gasteiger partial charge in [0.25, 0.3) is 0 Å². The van der Waals surface area contributed by atoms with Crippen molar-refractivity contribution in [3.05, 3.63) is 70.3 Å². The Kier molecular flexibility index (Phi) is 4.66. The normalized spacial score (nSPS) is 12.4. The Labute approximate surface area is 121 Å². The Hall–Kier alpha value is -1.27. The zero-order valence-electron chi connectivity index (χ0n) is 11.9. The topological polar surface area (TPSA) is 0 Å². The third-order valence-corrected chi connectivity index (χ3v) is 3.85. The Morgan fingerprint density at radius 2 is 1.47 bits per heavy atom. The van der Waals surface area contributed by atoms with Gasteiger partial charge in [-0.1, -0.05) is 66.9 Å². The van der Waals surface area contributed by atoms with Gasteiger partial charge in [-0.15, -0.1) is 11.6 Å². The lowest BCUT2D eigenvalue weighted by atomic mass is 9.99. The second-order valence-corrected chi connectivity index (χ2v) is 5.71. The van der Waals surface area contributed by atoms with Crippen LogP contribution < -0.4 is 0 Å². The van der Waals surface area contributed by atoms with Crippen molar-refractivity contribution in [1.82, 2.24) is 0 Å². The Balaban J connectivity index is 2.25. The fraction of sp³-hybridized carbons (Fsp3) is 0.333. The van der Waals surface area contributed by atoms with E-state index in [0.29, 0.717) is 0 Å². The van der Waals surface area contributed by atoms with Crippen LogP contribution in [0.5, 0.6) is 0 Å². The zero-order chi connectivity index (χ0) is 13.8. The van der Waals surface area contributed by atoms with E-state index in [4.69, 9.17) is 11.6 Å². The maximum Gasteiger partial charge on any atom is 0.0835 e. The van der Waals surface area contributed by atoms with E-state index in [2.05, 4.69) is 63.2 Å². The van der Waals surface area contributed by atoms with Gasteiger partial charge in [0.05, 0.1) is 5.38 Å². The van der Waals surface area contributed by atoms with E-state index in [9.17, 15) is 0 Å². The summed E-state index contributed by atoms with van der Waals surface area (Å²) >= 11 is 6.60. The van der Waals surface area contributed by atoms with E-state index in [-0.39, 0.29) is 5.38 Å². The SMILES string of the molecule is CCCc1ccc(C(Cl)c2cc(C)cc(C)c2)cc1. The minimum Gasteiger partial charge on any atom is -0.113 e. The number of halogens is 1. The van der Waals surface area contributed by atoms with Gasteiger partial charge in [-0.3, -0.25) is 0 Å². The summed E-state index contributed by atoms with van der Waals surface area (Å²) in [5, 5.41) is -0.0609. The molecule has 1 heteroatoms.